The smallest absolute Gasteiger partial charge is 0.0508 e. The van der Waals surface area contributed by atoms with Crippen molar-refractivity contribution < 1.29 is 4.74 Å². The molecule has 100 valence electrons. The van der Waals surface area contributed by atoms with Gasteiger partial charge in [-0.05, 0) is 41.5 Å². The SMILES string of the molecule is ClC(Cc1ccc2ccccc2c1)C1CCCOC1. The maximum Gasteiger partial charge on any atom is 0.0508 e. The average Bonchev–Trinajstić information content (AvgIpc) is 2.48. The van der Waals surface area contributed by atoms with Crippen LogP contribution in [0.25, 0.3) is 10.8 Å². The van der Waals surface area contributed by atoms with E-state index in [1.165, 1.54) is 22.8 Å². The van der Waals surface area contributed by atoms with Crippen molar-refractivity contribution in [3.8, 4) is 0 Å². The van der Waals surface area contributed by atoms with Gasteiger partial charge in [0.25, 0.3) is 0 Å². The molecule has 2 atom stereocenters. The van der Waals surface area contributed by atoms with Gasteiger partial charge in [-0.25, -0.2) is 0 Å². The molecule has 1 aliphatic rings. The lowest BCUT2D eigenvalue weighted by Gasteiger charge is -2.26. The van der Waals surface area contributed by atoms with Gasteiger partial charge in [0.15, 0.2) is 0 Å². The van der Waals surface area contributed by atoms with E-state index in [1.807, 2.05) is 0 Å². The maximum atomic E-state index is 6.57. The predicted molar refractivity (Wildman–Crippen MR) is 80.8 cm³/mol. The summed E-state index contributed by atoms with van der Waals surface area (Å²) < 4.78 is 5.53. The lowest BCUT2D eigenvalue weighted by molar-refractivity contribution is 0.0533. The summed E-state index contributed by atoms with van der Waals surface area (Å²) in [6.45, 7) is 1.72. The fourth-order valence-corrected chi connectivity index (χ4v) is 3.19. The maximum absolute atomic E-state index is 6.57. The minimum absolute atomic E-state index is 0.182. The molecule has 2 aromatic carbocycles. The molecule has 1 aliphatic heterocycles. The fraction of sp³-hybridized carbons (Fsp3) is 0.412. The summed E-state index contributed by atoms with van der Waals surface area (Å²) in [5, 5.41) is 2.77. The molecule has 1 fully saturated rings. The van der Waals surface area contributed by atoms with Crippen molar-refractivity contribution in [2.45, 2.75) is 24.6 Å². The first-order valence-corrected chi connectivity index (χ1v) is 7.46. The zero-order valence-electron chi connectivity index (χ0n) is 11.0. The first kappa shape index (κ1) is 13.0. The van der Waals surface area contributed by atoms with E-state index in [4.69, 9.17) is 16.3 Å². The first-order chi connectivity index (χ1) is 9.33. The van der Waals surface area contributed by atoms with Crippen LogP contribution in [0.4, 0.5) is 0 Å². The van der Waals surface area contributed by atoms with E-state index in [0.717, 1.165) is 26.1 Å². The van der Waals surface area contributed by atoms with E-state index in [-0.39, 0.29) is 5.38 Å². The zero-order chi connectivity index (χ0) is 13.1. The summed E-state index contributed by atoms with van der Waals surface area (Å²) in [7, 11) is 0. The predicted octanol–water partition coefficient (Wildman–Crippen LogP) is 4.42. The Kier molecular flexibility index (Phi) is 4.05. The molecule has 0 bridgehead atoms. The molecule has 0 radical (unpaired) electrons. The van der Waals surface area contributed by atoms with Gasteiger partial charge in [0.1, 0.15) is 0 Å². The standard InChI is InChI=1S/C17H19ClO/c18-17(16-6-3-9-19-12-16)11-13-7-8-14-4-1-2-5-15(14)10-13/h1-2,4-5,7-8,10,16-17H,3,6,9,11-12H2. The largest absolute Gasteiger partial charge is 0.381 e. The third-order valence-electron chi connectivity index (χ3n) is 3.95. The Balaban J connectivity index is 1.73. The number of hydrogen-bond donors (Lipinski definition) is 0. The second-order valence-corrected chi connectivity index (χ2v) is 5.94. The highest BCUT2D eigenvalue weighted by atomic mass is 35.5. The van der Waals surface area contributed by atoms with E-state index in [1.54, 1.807) is 0 Å². The minimum atomic E-state index is 0.182. The van der Waals surface area contributed by atoms with E-state index >= 15 is 0 Å². The molecule has 0 saturated carbocycles. The van der Waals surface area contributed by atoms with Gasteiger partial charge in [-0.2, -0.15) is 0 Å². The van der Waals surface area contributed by atoms with E-state index in [0.29, 0.717) is 5.92 Å². The molecule has 0 spiro atoms. The van der Waals surface area contributed by atoms with Crippen LogP contribution in [0.2, 0.25) is 0 Å². The number of ether oxygens (including phenoxy) is 1. The Hall–Kier alpha value is -1.05. The molecule has 2 heteroatoms. The van der Waals surface area contributed by atoms with Crippen molar-refractivity contribution >= 4 is 22.4 Å². The molecule has 3 rings (SSSR count). The number of alkyl halides is 1. The van der Waals surface area contributed by atoms with Crippen LogP contribution in [-0.4, -0.2) is 18.6 Å². The summed E-state index contributed by atoms with van der Waals surface area (Å²) in [5.74, 6) is 0.502. The highest BCUT2D eigenvalue weighted by molar-refractivity contribution is 6.21. The number of hydrogen-bond acceptors (Lipinski definition) is 1. The van der Waals surface area contributed by atoms with Crippen molar-refractivity contribution in [1.29, 1.82) is 0 Å². The van der Waals surface area contributed by atoms with Crippen molar-refractivity contribution in [2.24, 2.45) is 5.92 Å². The van der Waals surface area contributed by atoms with Gasteiger partial charge < -0.3 is 4.74 Å². The van der Waals surface area contributed by atoms with Gasteiger partial charge in [-0.15, -0.1) is 11.6 Å². The van der Waals surface area contributed by atoms with Crippen LogP contribution < -0.4 is 0 Å². The summed E-state index contributed by atoms with van der Waals surface area (Å²) in [5.41, 5.74) is 1.32. The minimum Gasteiger partial charge on any atom is -0.381 e. The second-order valence-electron chi connectivity index (χ2n) is 5.38. The Morgan fingerprint density at radius 2 is 2.00 bits per heavy atom. The average molecular weight is 275 g/mol. The first-order valence-electron chi connectivity index (χ1n) is 7.02. The summed E-state index contributed by atoms with van der Waals surface area (Å²) in [4.78, 5) is 0. The lowest BCUT2D eigenvalue weighted by Crippen LogP contribution is -2.27. The molecule has 0 aromatic heterocycles. The fourth-order valence-electron chi connectivity index (χ4n) is 2.81. The molecule has 1 saturated heterocycles. The van der Waals surface area contributed by atoms with Gasteiger partial charge in [-0.3, -0.25) is 0 Å². The van der Waals surface area contributed by atoms with Crippen LogP contribution in [0, 0.1) is 5.92 Å². The van der Waals surface area contributed by atoms with Gasteiger partial charge in [-0.1, -0.05) is 42.5 Å². The molecule has 19 heavy (non-hydrogen) atoms. The Morgan fingerprint density at radius 1 is 1.16 bits per heavy atom. The van der Waals surface area contributed by atoms with Gasteiger partial charge in [0.05, 0.1) is 6.61 Å². The summed E-state index contributed by atoms with van der Waals surface area (Å²) in [6.07, 6.45) is 3.27. The monoisotopic (exact) mass is 274 g/mol. The van der Waals surface area contributed by atoms with Gasteiger partial charge in [0.2, 0.25) is 0 Å². The molecular weight excluding hydrogens is 256 g/mol. The molecule has 0 aliphatic carbocycles. The van der Waals surface area contributed by atoms with E-state index in [9.17, 15) is 0 Å². The third-order valence-corrected chi connectivity index (χ3v) is 4.46. The van der Waals surface area contributed by atoms with Crippen molar-refractivity contribution in [2.75, 3.05) is 13.2 Å². The van der Waals surface area contributed by atoms with Crippen molar-refractivity contribution in [3.63, 3.8) is 0 Å². The van der Waals surface area contributed by atoms with Crippen LogP contribution in [-0.2, 0) is 11.2 Å². The number of rotatable bonds is 3. The van der Waals surface area contributed by atoms with Crippen LogP contribution >= 0.6 is 11.6 Å². The van der Waals surface area contributed by atoms with Crippen LogP contribution in [0.5, 0.6) is 0 Å². The Labute approximate surface area is 119 Å². The molecule has 0 amide bonds. The van der Waals surface area contributed by atoms with E-state index in [2.05, 4.69) is 42.5 Å². The third kappa shape index (κ3) is 3.10. The quantitative estimate of drug-likeness (QED) is 0.753. The molecule has 1 heterocycles. The number of benzene rings is 2. The molecular formula is C17H19ClO. The van der Waals surface area contributed by atoms with Gasteiger partial charge in [0, 0.05) is 12.0 Å². The van der Waals surface area contributed by atoms with Gasteiger partial charge >= 0.3 is 0 Å². The second kappa shape index (κ2) is 5.94. The highest BCUT2D eigenvalue weighted by Crippen LogP contribution is 2.25. The Morgan fingerprint density at radius 3 is 2.79 bits per heavy atom. The zero-order valence-corrected chi connectivity index (χ0v) is 11.8. The van der Waals surface area contributed by atoms with Crippen LogP contribution in [0.3, 0.4) is 0 Å². The van der Waals surface area contributed by atoms with Crippen molar-refractivity contribution in [3.05, 3.63) is 48.0 Å². The molecule has 2 aromatic rings. The van der Waals surface area contributed by atoms with E-state index < -0.39 is 0 Å². The lowest BCUT2D eigenvalue weighted by atomic mass is 9.93. The molecule has 1 nitrogen and oxygen atoms in total. The summed E-state index contributed by atoms with van der Waals surface area (Å²) >= 11 is 6.57. The van der Waals surface area contributed by atoms with Crippen LogP contribution in [0.1, 0.15) is 18.4 Å². The topological polar surface area (TPSA) is 9.23 Å². The highest BCUT2D eigenvalue weighted by Gasteiger charge is 2.22. The van der Waals surface area contributed by atoms with Crippen LogP contribution in [0.15, 0.2) is 42.5 Å². The number of halogens is 1. The Bertz CT molecular complexity index is 546. The molecule has 2 unspecified atom stereocenters. The summed E-state index contributed by atoms with van der Waals surface area (Å²) in [6, 6.07) is 15.1. The molecule has 0 N–H and O–H groups in total. The number of fused-ring (bicyclic) bond motifs is 1. The normalized spacial score (nSPS) is 21.4. The van der Waals surface area contributed by atoms with Crippen molar-refractivity contribution in [1.82, 2.24) is 0 Å².